The second-order valence-corrected chi connectivity index (χ2v) is 10.7. The summed E-state index contributed by atoms with van der Waals surface area (Å²) in [5.41, 5.74) is 8.50. The van der Waals surface area contributed by atoms with Gasteiger partial charge in [0.05, 0.1) is 0 Å². The number of anilines is 1. The second kappa shape index (κ2) is 10.6. The maximum absolute atomic E-state index is 3.86. The number of fused-ring (bicyclic) bond motifs is 1. The molecule has 34 heavy (non-hydrogen) atoms. The highest BCUT2D eigenvalue weighted by Crippen LogP contribution is 2.35. The smallest absolute Gasteiger partial charge is 0.0372 e. The van der Waals surface area contributed by atoms with E-state index in [4.69, 9.17) is 0 Å². The summed E-state index contributed by atoms with van der Waals surface area (Å²) in [4.78, 5) is 7.82. The Hall–Kier alpha value is -2.14. The van der Waals surface area contributed by atoms with Crippen molar-refractivity contribution in [3.63, 3.8) is 0 Å². The Morgan fingerprint density at radius 1 is 0.941 bits per heavy atom. The van der Waals surface area contributed by atoms with Crippen LogP contribution in [0.3, 0.4) is 0 Å². The van der Waals surface area contributed by atoms with E-state index in [1.807, 2.05) is 0 Å². The zero-order chi connectivity index (χ0) is 23.5. The molecule has 1 N–H and O–H groups in total. The first kappa shape index (κ1) is 23.6. The van der Waals surface area contributed by atoms with E-state index in [-0.39, 0.29) is 0 Å². The zero-order valence-electron chi connectivity index (χ0n) is 21.4. The van der Waals surface area contributed by atoms with Crippen LogP contribution in [0.2, 0.25) is 0 Å². The fraction of sp³-hybridized carbons (Fsp3) is 0.533. The van der Waals surface area contributed by atoms with E-state index in [0.29, 0.717) is 12.1 Å². The number of allylic oxidation sites excluding steroid dienone is 1. The molecule has 4 heteroatoms. The minimum atomic E-state index is 0.658. The Bertz CT molecular complexity index is 995. The van der Waals surface area contributed by atoms with Gasteiger partial charge in [-0.05, 0) is 80.0 Å². The van der Waals surface area contributed by atoms with Crippen molar-refractivity contribution < 1.29 is 0 Å². The number of hydrogen-bond acceptors (Lipinski definition) is 4. The van der Waals surface area contributed by atoms with Crippen LogP contribution < -0.4 is 10.2 Å². The van der Waals surface area contributed by atoms with Crippen molar-refractivity contribution in [1.29, 1.82) is 0 Å². The molecular weight excluding hydrogens is 416 g/mol. The van der Waals surface area contributed by atoms with Gasteiger partial charge in [0.1, 0.15) is 0 Å². The van der Waals surface area contributed by atoms with Crippen LogP contribution in [-0.2, 0) is 6.42 Å². The van der Waals surface area contributed by atoms with Crippen LogP contribution in [0.5, 0.6) is 0 Å². The lowest BCUT2D eigenvalue weighted by Gasteiger charge is -2.38. The standard InChI is InChI=1S/C30H42N4/c1-23(2)33-18-16-32(17-19-33)15-12-31-28-10-13-34(14-11-28)29-9-8-24(3)30(22-29)27-20-25-6-4-5-7-26(25)21-27/h4-9,20,22-23,28,31H,10-19,21H2,1-3H3. The second-order valence-electron chi connectivity index (χ2n) is 10.7. The molecule has 0 bridgehead atoms. The summed E-state index contributed by atoms with van der Waals surface area (Å²) in [6.07, 6.45) is 5.91. The summed E-state index contributed by atoms with van der Waals surface area (Å²) >= 11 is 0. The zero-order valence-corrected chi connectivity index (χ0v) is 21.4. The normalized spacial score (nSPS) is 20.1. The van der Waals surface area contributed by atoms with Gasteiger partial charge in [-0.1, -0.05) is 36.4 Å². The minimum absolute atomic E-state index is 0.658. The van der Waals surface area contributed by atoms with Gasteiger partial charge in [0.25, 0.3) is 0 Å². The molecule has 2 fully saturated rings. The molecule has 2 aromatic carbocycles. The highest BCUT2D eigenvalue weighted by Gasteiger charge is 2.22. The molecule has 0 atom stereocenters. The molecule has 2 heterocycles. The molecule has 0 aromatic heterocycles. The third kappa shape index (κ3) is 5.40. The number of nitrogens with one attached hydrogen (secondary N) is 1. The van der Waals surface area contributed by atoms with Crippen LogP contribution in [-0.4, -0.2) is 74.2 Å². The van der Waals surface area contributed by atoms with Crippen molar-refractivity contribution in [3.8, 4) is 0 Å². The third-order valence-electron chi connectivity index (χ3n) is 8.19. The number of nitrogens with zero attached hydrogens (tertiary/aromatic N) is 3. The summed E-state index contributed by atoms with van der Waals surface area (Å²) in [5.74, 6) is 0. The van der Waals surface area contributed by atoms with Gasteiger partial charge in [-0.25, -0.2) is 0 Å². The van der Waals surface area contributed by atoms with Crippen molar-refractivity contribution in [2.75, 3.05) is 57.3 Å². The lowest BCUT2D eigenvalue weighted by Crippen LogP contribution is -2.51. The molecule has 2 saturated heterocycles. The topological polar surface area (TPSA) is 21.8 Å². The average molecular weight is 459 g/mol. The number of rotatable bonds is 7. The molecule has 0 unspecified atom stereocenters. The summed E-state index contributed by atoms with van der Waals surface area (Å²) < 4.78 is 0. The lowest BCUT2D eigenvalue weighted by atomic mass is 9.97. The Morgan fingerprint density at radius 3 is 2.44 bits per heavy atom. The van der Waals surface area contributed by atoms with Gasteiger partial charge < -0.3 is 10.2 Å². The van der Waals surface area contributed by atoms with E-state index in [1.54, 1.807) is 0 Å². The molecule has 2 aromatic rings. The fourth-order valence-electron chi connectivity index (χ4n) is 5.88. The van der Waals surface area contributed by atoms with E-state index >= 15 is 0 Å². The van der Waals surface area contributed by atoms with Crippen LogP contribution in [0.4, 0.5) is 5.69 Å². The van der Waals surface area contributed by atoms with Crippen molar-refractivity contribution in [1.82, 2.24) is 15.1 Å². The van der Waals surface area contributed by atoms with Crippen LogP contribution in [0, 0.1) is 6.92 Å². The van der Waals surface area contributed by atoms with Crippen molar-refractivity contribution in [3.05, 3.63) is 64.7 Å². The highest BCUT2D eigenvalue weighted by molar-refractivity contribution is 5.90. The van der Waals surface area contributed by atoms with Gasteiger partial charge in [-0.2, -0.15) is 0 Å². The molecule has 0 spiro atoms. The number of hydrogen-bond donors (Lipinski definition) is 1. The summed E-state index contributed by atoms with van der Waals surface area (Å²) in [6.45, 7) is 16.3. The quantitative estimate of drug-likeness (QED) is 0.650. The van der Waals surface area contributed by atoms with Crippen LogP contribution >= 0.6 is 0 Å². The van der Waals surface area contributed by atoms with E-state index in [9.17, 15) is 0 Å². The molecule has 0 amide bonds. The Morgan fingerprint density at radius 2 is 1.71 bits per heavy atom. The predicted octanol–water partition coefficient (Wildman–Crippen LogP) is 4.68. The molecule has 1 aliphatic carbocycles. The van der Waals surface area contributed by atoms with Gasteiger partial charge >= 0.3 is 0 Å². The third-order valence-corrected chi connectivity index (χ3v) is 8.19. The number of aryl methyl sites for hydroxylation is 1. The van der Waals surface area contributed by atoms with Crippen LogP contribution in [0.25, 0.3) is 11.6 Å². The SMILES string of the molecule is Cc1ccc(N2CCC(NCCN3CCN(C(C)C)CC3)CC2)cc1C1=Cc2ccccc2C1. The highest BCUT2D eigenvalue weighted by atomic mass is 15.3. The van der Waals surface area contributed by atoms with Gasteiger partial charge in [0.15, 0.2) is 0 Å². The fourth-order valence-corrected chi connectivity index (χ4v) is 5.88. The first-order valence-corrected chi connectivity index (χ1v) is 13.4. The first-order valence-electron chi connectivity index (χ1n) is 13.4. The largest absolute Gasteiger partial charge is 0.371 e. The number of piperazine rings is 1. The van der Waals surface area contributed by atoms with Crippen LogP contribution in [0.1, 0.15) is 48.9 Å². The van der Waals surface area contributed by atoms with Gasteiger partial charge in [0.2, 0.25) is 0 Å². The minimum Gasteiger partial charge on any atom is -0.371 e. The molecule has 4 nitrogen and oxygen atoms in total. The predicted molar refractivity (Wildman–Crippen MR) is 146 cm³/mol. The Kier molecular flexibility index (Phi) is 7.38. The lowest BCUT2D eigenvalue weighted by molar-refractivity contribution is 0.108. The van der Waals surface area contributed by atoms with Crippen molar-refractivity contribution in [2.24, 2.45) is 0 Å². The average Bonchev–Trinajstić information content (AvgIpc) is 3.29. The monoisotopic (exact) mass is 458 g/mol. The number of piperidine rings is 1. The first-order chi connectivity index (χ1) is 16.6. The van der Waals surface area contributed by atoms with Gasteiger partial charge in [0, 0.05) is 70.1 Å². The summed E-state index contributed by atoms with van der Waals surface area (Å²) in [7, 11) is 0. The summed E-state index contributed by atoms with van der Waals surface area (Å²) in [5, 5.41) is 3.86. The van der Waals surface area contributed by atoms with E-state index in [2.05, 4.69) is 89.3 Å². The van der Waals surface area contributed by atoms with Crippen molar-refractivity contribution in [2.45, 2.75) is 52.1 Å². The molecule has 0 radical (unpaired) electrons. The molecule has 0 saturated carbocycles. The maximum Gasteiger partial charge on any atom is 0.0372 e. The summed E-state index contributed by atoms with van der Waals surface area (Å²) in [6, 6.07) is 17.2. The van der Waals surface area contributed by atoms with E-state index in [0.717, 1.165) is 26.1 Å². The molecular formula is C30H42N4. The van der Waals surface area contributed by atoms with E-state index in [1.165, 1.54) is 79.1 Å². The van der Waals surface area contributed by atoms with Crippen LogP contribution in [0.15, 0.2) is 42.5 Å². The number of benzene rings is 2. The molecule has 182 valence electrons. The molecule has 2 aliphatic heterocycles. The molecule has 3 aliphatic rings. The Labute approximate surface area is 206 Å². The van der Waals surface area contributed by atoms with Crippen molar-refractivity contribution >= 4 is 17.3 Å². The van der Waals surface area contributed by atoms with Gasteiger partial charge in [-0.15, -0.1) is 0 Å². The van der Waals surface area contributed by atoms with Gasteiger partial charge in [-0.3, -0.25) is 9.80 Å². The van der Waals surface area contributed by atoms with E-state index < -0.39 is 0 Å². The Balaban J connectivity index is 1.10. The maximum atomic E-state index is 3.86. The molecule has 5 rings (SSSR count).